The van der Waals surface area contributed by atoms with Crippen LogP contribution in [0.25, 0.3) is 11.2 Å². The van der Waals surface area contributed by atoms with Gasteiger partial charge < -0.3 is 9.72 Å². The summed E-state index contributed by atoms with van der Waals surface area (Å²) in [6.07, 6.45) is 1.06. The Hall–Kier alpha value is -1.82. The maximum Gasteiger partial charge on any atom is 0.413 e. The van der Waals surface area contributed by atoms with Gasteiger partial charge in [-0.3, -0.25) is 5.32 Å². The van der Waals surface area contributed by atoms with Crippen molar-refractivity contribution >= 4 is 35.6 Å². The Labute approximate surface area is 91.5 Å². The summed E-state index contributed by atoms with van der Waals surface area (Å²) in [5, 5.41) is 2.41. The number of carbonyl (C=O) groups is 1. The van der Waals surface area contributed by atoms with E-state index in [1.165, 1.54) is 7.11 Å². The molecule has 0 saturated heterocycles. The lowest BCUT2D eigenvalue weighted by atomic mass is 10.4. The van der Waals surface area contributed by atoms with Gasteiger partial charge in [-0.2, -0.15) is 4.98 Å². The van der Waals surface area contributed by atoms with Gasteiger partial charge in [-0.25, -0.2) is 9.78 Å². The molecular formula is C8H9ClN4O2. The number of H-pyrrole nitrogens is 1. The monoisotopic (exact) mass is 228 g/mol. The predicted octanol–water partition coefficient (Wildman–Crippen LogP) is 1.56. The first-order chi connectivity index (χ1) is 6.79. The number of pyridine rings is 1. The second-order valence-electron chi connectivity index (χ2n) is 2.58. The maximum absolute atomic E-state index is 10.8. The molecule has 0 saturated carbocycles. The first-order valence-corrected chi connectivity index (χ1v) is 3.95. The smallest absolute Gasteiger partial charge is 0.413 e. The Morgan fingerprint density at radius 1 is 1.60 bits per heavy atom. The molecule has 2 rings (SSSR count). The Bertz CT molecular complexity index is 437. The van der Waals surface area contributed by atoms with Gasteiger partial charge in [0, 0.05) is 6.20 Å². The van der Waals surface area contributed by atoms with Crippen LogP contribution in [-0.4, -0.2) is 28.2 Å². The van der Waals surface area contributed by atoms with E-state index >= 15 is 0 Å². The summed E-state index contributed by atoms with van der Waals surface area (Å²) in [5.41, 5.74) is 1.32. The van der Waals surface area contributed by atoms with Gasteiger partial charge in [0.15, 0.2) is 5.65 Å². The minimum atomic E-state index is -0.566. The van der Waals surface area contributed by atoms with Crippen molar-refractivity contribution in [1.82, 2.24) is 15.0 Å². The van der Waals surface area contributed by atoms with E-state index in [2.05, 4.69) is 25.0 Å². The fourth-order valence-corrected chi connectivity index (χ4v) is 1.05. The number of halogens is 1. The number of nitrogens with zero attached hydrogens (tertiary/aromatic N) is 2. The van der Waals surface area contributed by atoms with Crippen molar-refractivity contribution in [2.24, 2.45) is 0 Å². The molecule has 0 radical (unpaired) electrons. The zero-order chi connectivity index (χ0) is 9.97. The van der Waals surface area contributed by atoms with E-state index in [0.29, 0.717) is 11.6 Å². The molecule has 7 heteroatoms. The molecule has 0 unspecified atom stereocenters. The number of aromatic amines is 1. The zero-order valence-electron chi connectivity index (χ0n) is 7.85. The fraction of sp³-hybridized carbons (Fsp3) is 0.125. The van der Waals surface area contributed by atoms with Crippen molar-refractivity contribution in [3.8, 4) is 0 Å². The Balaban J connectivity index is 0.00000112. The fourth-order valence-electron chi connectivity index (χ4n) is 1.05. The summed E-state index contributed by atoms with van der Waals surface area (Å²) >= 11 is 0. The van der Waals surface area contributed by atoms with E-state index in [4.69, 9.17) is 0 Å². The number of hydrogen-bond acceptors (Lipinski definition) is 4. The van der Waals surface area contributed by atoms with Crippen LogP contribution in [0, 0.1) is 0 Å². The first kappa shape index (κ1) is 11.3. The van der Waals surface area contributed by atoms with Crippen LogP contribution in [0.1, 0.15) is 0 Å². The second-order valence-corrected chi connectivity index (χ2v) is 2.58. The molecule has 1 amide bonds. The van der Waals surface area contributed by atoms with E-state index in [1.54, 1.807) is 12.3 Å². The molecule has 6 nitrogen and oxygen atoms in total. The molecule has 0 spiro atoms. The number of anilines is 1. The van der Waals surface area contributed by atoms with Gasteiger partial charge in [-0.15, -0.1) is 12.4 Å². The van der Waals surface area contributed by atoms with Gasteiger partial charge in [-0.05, 0) is 12.1 Å². The number of nitrogens with one attached hydrogen (secondary N) is 2. The standard InChI is InChI=1S/C8H8N4O2.ClH/c1-14-8(13)12-7-10-5-3-2-4-9-6(5)11-7;/h2-4H,1H3,(H2,9,10,11,12,13);1H. The van der Waals surface area contributed by atoms with Gasteiger partial charge in [-0.1, -0.05) is 0 Å². The molecule has 2 aromatic heterocycles. The third-order valence-electron chi connectivity index (χ3n) is 1.66. The van der Waals surface area contributed by atoms with Crippen LogP contribution in [-0.2, 0) is 4.74 Å². The van der Waals surface area contributed by atoms with E-state index in [1.807, 2.05) is 6.07 Å². The number of ether oxygens (including phenoxy) is 1. The number of hydrogen-bond donors (Lipinski definition) is 2. The number of rotatable bonds is 1. The zero-order valence-corrected chi connectivity index (χ0v) is 8.67. The van der Waals surface area contributed by atoms with Crippen LogP contribution in [0.3, 0.4) is 0 Å². The van der Waals surface area contributed by atoms with Crippen LogP contribution < -0.4 is 5.32 Å². The topological polar surface area (TPSA) is 79.9 Å². The third-order valence-corrected chi connectivity index (χ3v) is 1.66. The molecule has 0 atom stereocenters. The maximum atomic E-state index is 10.8. The normalized spacial score (nSPS) is 9.40. The molecule has 15 heavy (non-hydrogen) atoms. The van der Waals surface area contributed by atoms with Gasteiger partial charge in [0.05, 0.1) is 12.6 Å². The van der Waals surface area contributed by atoms with E-state index in [0.717, 1.165) is 5.52 Å². The van der Waals surface area contributed by atoms with Crippen LogP contribution in [0.15, 0.2) is 18.3 Å². The summed E-state index contributed by atoms with van der Waals surface area (Å²) in [7, 11) is 1.29. The van der Waals surface area contributed by atoms with Gasteiger partial charge >= 0.3 is 6.09 Å². The van der Waals surface area contributed by atoms with Gasteiger partial charge in [0.2, 0.25) is 5.95 Å². The number of amides is 1. The number of fused-ring (bicyclic) bond motifs is 1. The predicted molar refractivity (Wildman–Crippen MR) is 57.2 cm³/mol. The quantitative estimate of drug-likeness (QED) is 0.776. The average Bonchev–Trinajstić information content (AvgIpc) is 2.59. The van der Waals surface area contributed by atoms with E-state index in [9.17, 15) is 4.79 Å². The van der Waals surface area contributed by atoms with Gasteiger partial charge in [0.25, 0.3) is 0 Å². The van der Waals surface area contributed by atoms with Crippen molar-refractivity contribution in [1.29, 1.82) is 0 Å². The Morgan fingerprint density at radius 2 is 2.40 bits per heavy atom. The van der Waals surface area contributed by atoms with Crippen molar-refractivity contribution in [3.63, 3.8) is 0 Å². The highest BCUT2D eigenvalue weighted by molar-refractivity contribution is 5.85. The lowest BCUT2D eigenvalue weighted by Crippen LogP contribution is -2.11. The molecule has 0 aliphatic heterocycles. The van der Waals surface area contributed by atoms with Crippen molar-refractivity contribution in [3.05, 3.63) is 18.3 Å². The first-order valence-electron chi connectivity index (χ1n) is 3.95. The van der Waals surface area contributed by atoms with Crippen molar-refractivity contribution in [2.75, 3.05) is 12.4 Å². The molecular weight excluding hydrogens is 220 g/mol. The largest absolute Gasteiger partial charge is 0.453 e. The minimum Gasteiger partial charge on any atom is -0.453 e. The Kier molecular flexibility index (Phi) is 3.46. The summed E-state index contributed by atoms with van der Waals surface area (Å²) in [4.78, 5) is 21.7. The minimum absolute atomic E-state index is 0. The lowest BCUT2D eigenvalue weighted by Gasteiger charge is -1.96. The van der Waals surface area contributed by atoms with Crippen LogP contribution in [0.4, 0.5) is 10.7 Å². The third kappa shape index (κ3) is 2.35. The molecule has 2 aromatic rings. The number of methoxy groups -OCH3 is 1. The molecule has 0 aliphatic rings. The summed E-state index contributed by atoms with van der Waals surface area (Å²) < 4.78 is 4.42. The lowest BCUT2D eigenvalue weighted by molar-refractivity contribution is 0.186. The van der Waals surface area contributed by atoms with E-state index in [-0.39, 0.29) is 12.4 Å². The highest BCUT2D eigenvalue weighted by atomic mass is 35.5. The van der Waals surface area contributed by atoms with Crippen LogP contribution in [0.5, 0.6) is 0 Å². The average molecular weight is 229 g/mol. The molecule has 0 aliphatic carbocycles. The highest BCUT2D eigenvalue weighted by Crippen LogP contribution is 2.10. The summed E-state index contributed by atoms with van der Waals surface area (Å²) in [5.74, 6) is 0.325. The molecule has 0 fully saturated rings. The molecule has 2 N–H and O–H groups in total. The molecule has 2 heterocycles. The second kappa shape index (κ2) is 4.61. The van der Waals surface area contributed by atoms with Crippen LogP contribution in [0.2, 0.25) is 0 Å². The van der Waals surface area contributed by atoms with Crippen molar-refractivity contribution < 1.29 is 9.53 Å². The Morgan fingerprint density at radius 3 is 3.07 bits per heavy atom. The highest BCUT2D eigenvalue weighted by Gasteiger charge is 2.05. The number of imidazole rings is 1. The number of aromatic nitrogens is 3. The van der Waals surface area contributed by atoms with Crippen molar-refractivity contribution in [2.45, 2.75) is 0 Å². The molecule has 80 valence electrons. The van der Waals surface area contributed by atoms with E-state index < -0.39 is 6.09 Å². The summed E-state index contributed by atoms with van der Waals surface area (Å²) in [6, 6.07) is 3.60. The molecule has 0 aromatic carbocycles. The summed E-state index contributed by atoms with van der Waals surface area (Å²) in [6.45, 7) is 0. The number of carbonyl (C=O) groups excluding carboxylic acids is 1. The SMILES string of the molecule is COC(=O)Nc1nc2ncccc2[nH]1.Cl. The van der Waals surface area contributed by atoms with Gasteiger partial charge in [0.1, 0.15) is 0 Å². The molecule has 0 bridgehead atoms. The van der Waals surface area contributed by atoms with Crippen LogP contribution >= 0.6 is 12.4 Å².